The third kappa shape index (κ3) is 2.10. The molecule has 17 heavy (non-hydrogen) atoms. The zero-order chi connectivity index (χ0) is 12.8. The van der Waals surface area contributed by atoms with Crippen LogP contribution < -0.4 is 0 Å². The monoisotopic (exact) mass is 234 g/mol. The molecule has 3 unspecified atom stereocenters. The van der Waals surface area contributed by atoms with Gasteiger partial charge in [0.2, 0.25) is 0 Å². The minimum absolute atomic E-state index is 0.218. The Morgan fingerprint density at radius 3 is 2.41 bits per heavy atom. The van der Waals surface area contributed by atoms with Gasteiger partial charge in [0.25, 0.3) is 0 Å². The van der Waals surface area contributed by atoms with Crippen LogP contribution in [-0.2, 0) is 0 Å². The van der Waals surface area contributed by atoms with Crippen molar-refractivity contribution in [2.75, 3.05) is 0 Å². The van der Waals surface area contributed by atoms with E-state index < -0.39 is 0 Å². The zero-order valence-corrected chi connectivity index (χ0v) is 11.8. The first-order valence-corrected chi connectivity index (χ1v) is 6.87. The van der Waals surface area contributed by atoms with Crippen molar-refractivity contribution in [1.29, 1.82) is 0 Å². The van der Waals surface area contributed by atoms with Crippen LogP contribution in [0.1, 0.15) is 47.5 Å². The predicted octanol–water partition coefficient (Wildman–Crippen LogP) is 3.94. The fourth-order valence-corrected chi connectivity index (χ4v) is 3.66. The van der Waals surface area contributed by atoms with Gasteiger partial charge in [-0.05, 0) is 55.4 Å². The normalized spacial score (nSPS) is 41.1. The van der Waals surface area contributed by atoms with E-state index in [1.54, 1.807) is 0 Å². The van der Waals surface area contributed by atoms with Crippen LogP contribution in [0.2, 0.25) is 0 Å². The summed E-state index contributed by atoms with van der Waals surface area (Å²) in [5, 5.41) is 10.0. The van der Waals surface area contributed by atoms with Crippen LogP contribution in [0.3, 0.4) is 0 Å². The van der Waals surface area contributed by atoms with Crippen molar-refractivity contribution in [3.8, 4) is 0 Å². The lowest BCUT2D eigenvalue weighted by Crippen LogP contribution is -2.34. The average molecular weight is 234 g/mol. The highest BCUT2D eigenvalue weighted by Gasteiger charge is 2.41. The molecule has 0 saturated heterocycles. The van der Waals surface area contributed by atoms with Crippen LogP contribution in [-0.4, -0.2) is 11.2 Å². The van der Waals surface area contributed by atoms with Crippen molar-refractivity contribution >= 4 is 0 Å². The molecule has 0 aromatic carbocycles. The number of aliphatic hydroxyl groups is 1. The van der Waals surface area contributed by atoms with Gasteiger partial charge in [-0.3, -0.25) is 0 Å². The molecule has 0 radical (unpaired) electrons. The summed E-state index contributed by atoms with van der Waals surface area (Å²) in [5.41, 5.74) is 3.03. The van der Waals surface area contributed by atoms with Crippen LogP contribution in [0.15, 0.2) is 23.3 Å². The van der Waals surface area contributed by atoms with Gasteiger partial charge in [0.05, 0.1) is 6.10 Å². The molecule has 0 aromatic heterocycles. The molecule has 4 atom stereocenters. The molecule has 0 amide bonds. The molecule has 0 aromatic rings. The van der Waals surface area contributed by atoms with E-state index in [0.717, 1.165) is 6.42 Å². The van der Waals surface area contributed by atoms with Crippen LogP contribution in [0.25, 0.3) is 0 Å². The first kappa shape index (κ1) is 12.9. The number of hydrogen-bond acceptors (Lipinski definition) is 1. The molecule has 0 bridgehead atoms. The van der Waals surface area contributed by atoms with Crippen molar-refractivity contribution < 1.29 is 5.11 Å². The van der Waals surface area contributed by atoms with E-state index in [1.807, 2.05) is 0 Å². The molecule has 2 aliphatic rings. The Hall–Kier alpha value is -0.560. The van der Waals surface area contributed by atoms with E-state index in [4.69, 9.17) is 0 Å². The lowest BCUT2D eigenvalue weighted by atomic mass is 9.66. The SMILES string of the molecule is CC1=CC([C@@H]2CC=C(C)C2(C)C)CC(C)C1O. The van der Waals surface area contributed by atoms with Crippen LogP contribution >= 0.6 is 0 Å². The van der Waals surface area contributed by atoms with Gasteiger partial charge in [0.1, 0.15) is 0 Å². The van der Waals surface area contributed by atoms with Crippen molar-refractivity contribution in [1.82, 2.24) is 0 Å². The number of aliphatic hydroxyl groups excluding tert-OH is 1. The van der Waals surface area contributed by atoms with Crippen molar-refractivity contribution in [2.24, 2.45) is 23.2 Å². The highest BCUT2D eigenvalue weighted by molar-refractivity contribution is 5.23. The lowest BCUT2D eigenvalue weighted by molar-refractivity contribution is 0.102. The average Bonchev–Trinajstić information content (AvgIpc) is 2.50. The second-order valence-electron chi connectivity index (χ2n) is 6.68. The molecule has 0 heterocycles. The number of rotatable bonds is 1. The van der Waals surface area contributed by atoms with E-state index >= 15 is 0 Å². The van der Waals surface area contributed by atoms with Gasteiger partial charge in [-0.25, -0.2) is 0 Å². The van der Waals surface area contributed by atoms with Crippen LogP contribution in [0.4, 0.5) is 0 Å². The molecule has 0 spiro atoms. The summed E-state index contributed by atoms with van der Waals surface area (Å²) < 4.78 is 0. The minimum atomic E-state index is -0.218. The Kier molecular flexibility index (Phi) is 3.24. The third-order valence-electron chi connectivity index (χ3n) is 5.26. The molecular weight excluding hydrogens is 208 g/mol. The largest absolute Gasteiger partial charge is 0.388 e. The first-order chi connectivity index (χ1) is 7.84. The van der Waals surface area contributed by atoms with E-state index in [2.05, 4.69) is 46.8 Å². The summed E-state index contributed by atoms with van der Waals surface area (Å²) in [7, 11) is 0. The Labute approximate surface area is 106 Å². The van der Waals surface area contributed by atoms with Gasteiger partial charge in [-0.1, -0.05) is 38.5 Å². The van der Waals surface area contributed by atoms with Crippen LogP contribution in [0.5, 0.6) is 0 Å². The molecule has 0 saturated carbocycles. The maximum Gasteiger partial charge on any atom is 0.0773 e. The fourth-order valence-electron chi connectivity index (χ4n) is 3.66. The van der Waals surface area contributed by atoms with Crippen molar-refractivity contribution in [2.45, 2.75) is 53.6 Å². The van der Waals surface area contributed by atoms with Gasteiger partial charge in [0.15, 0.2) is 0 Å². The third-order valence-corrected chi connectivity index (χ3v) is 5.26. The Morgan fingerprint density at radius 2 is 1.94 bits per heavy atom. The zero-order valence-electron chi connectivity index (χ0n) is 11.8. The lowest BCUT2D eigenvalue weighted by Gasteiger charge is -2.39. The quantitative estimate of drug-likeness (QED) is 0.681. The maximum absolute atomic E-state index is 10.0. The van der Waals surface area contributed by atoms with Crippen molar-refractivity contribution in [3.63, 3.8) is 0 Å². The topological polar surface area (TPSA) is 20.2 Å². The number of hydrogen-bond donors (Lipinski definition) is 1. The summed E-state index contributed by atoms with van der Waals surface area (Å²) in [4.78, 5) is 0. The molecule has 2 aliphatic carbocycles. The number of allylic oxidation sites excluding steroid dienone is 3. The summed E-state index contributed by atoms with van der Waals surface area (Å²) >= 11 is 0. The summed E-state index contributed by atoms with van der Waals surface area (Å²) in [6.45, 7) is 11.3. The standard InChI is InChI=1S/C16H26O/c1-10-8-13(9-11(2)15(10)17)14-7-6-12(3)16(14,4)5/h6,8,11,13-15,17H,7,9H2,1-5H3/t11?,13?,14-,15?/m0/s1. The highest BCUT2D eigenvalue weighted by Crippen LogP contribution is 2.50. The van der Waals surface area contributed by atoms with Crippen LogP contribution in [0, 0.1) is 23.2 Å². The molecule has 1 N–H and O–H groups in total. The predicted molar refractivity (Wildman–Crippen MR) is 72.7 cm³/mol. The first-order valence-electron chi connectivity index (χ1n) is 6.87. The van der Waals surface area contributed by atoms with Gasteiger partial charge in [-0.2, -0.15) is 0 Å². The minimum Gasteiger partial charge on any atom is -0.388 e. The molecule has 0 aliphatic heterocycles. The summed E-state index contributed by atoms with van der Waals surface area (Å²) in [6, 6.07) is 0. The van der Waals surface area contributed by atoms with Gasteiger partial charge in [-0.15, -0.1) is 0 Å². The highest BCUT2D eigenvalue weighted by atomic mass is 16.3. The molecule has 0 fully saturated rings. The summed E-state index contributed by atoms with van der Waals surface area (Å²) in [5.74, 6) is 1.76. The van der Waals surface area contributed by atoms with E-state index in [-0.39, 0.29) is 6.10 Å². The fraction of sp³-hybridized carbons (Fsp3) is 0.750. The Balaban J connectivity index is 2.21. The maximum atomic E-state index is 10.0. The molecule has 2 rings (SSSR count). The second-order valence-corrected chi connectivity index (χ2v) is 6.68. The molecule has 1 heteroatoms. The molecule has 1 nitrogen and oxygen atoms in total. The Morgan fingerprint density at radius 1 is 1.29 bits per heavy atom. The van der Waals surface area contributed by atoms with E-state index in [9.17, 15) is 5.11 Å². The molecule has 96 valence electrons. The van der Waals surface area contributed by atoms with E-state index in [1.165, 1.54) is 17.6 Å². The second kappa shape index (κ2) is 4.28. The van der Waals surface area contributed by atoms with Gasteiger partial charge in [0, 0.05) is 0 Å². The molecular formula is C16H26O. The van der Waals surface area contributed by atoms with Crippen molar-refractivity contribution in [3.05, 3.63) is 23.3 Å². The van der Waals surface area contributed by atoms with Gasteiger partial charge >= 0.3 is 0 Å². The van der Waals surface area contributed by atoms with E-state index in [0.29, 0.717) is 23.2 Å². The Bertz CT molecular complexity index is 362. The summed E-state index contributed by atoms with van der Waals surface area (Å²) in [6.07, 6.45) is 6.86. The smallest absolute Gasteiger partial charge is 0.0773 e. The van der Waals surface area contributed by atoms with Gasteiger partial charge < -0.3 is 5.11 Å².